The molecule has 29 heavy (non-hydrogen) atoms. The number of hydrogen-bond acceptors (Lipinski definition) is 6. The highest BCUT2D eigenvalue weighted by atomic mass is 16.7. The Morgan fingerprint density at radius 3 is 2.52 bits per heavy atom. The summed E-state index contributed by atoms with van der Waals surface area (Å²) in [6, 6.07) is 16.8. The van der Waals surface area contributed by atoms with Crippen molar-refractivity contribution in [2.75, 3.05) is 18.1 Å². The van der Waals surface area contributed by atoms with Crippen LogP contribution in [-0.2, 0) is 31.3 Å². The molecule has 4 rings (SSSR count). The van der Waals surface area contributed by atoms with Gasteiger partial charge in [0, 0.05) is 0 Å². The van der Waals surface area contributed by atoms with Gasteiger partial charge in [0.05, 0.1) is 31.0 Å². The molecule has 0 N–H and O–H groups in total. The Kier molecular flexibility index (Phi) is 4.84. The summed E-state index contributed by atoms with van der Waals surface area (Å²) in [5.74, 6) is -0.436. The number of fused-ring (bicyclic) bond motifs is 2. The van der Waals surface area contributed by atoms with Crippen LogP contribution in [0.2, 0.25) is 0 Å². The number of carbonyl (C=O) groups is 2. The van der Waals surface area contributed by atoms with Crippen molar-refractivity contribution in [3.63, 3.8) is 0 Å². The third-order valence-corrected chi connectivity index (χ3v) is 4.70. The van der Waals surface area contributed by atoms with Crippen LogP contribution in [-0.4, -0.2) is 36.3 Å². The second kappa shape index (κ2) is 7.46. The summed E-state index contributed by atoms with van der Waals surface area (Å²) in [6.45, 7) is 4.17. The molecular formula is C21H21N3O5. The van der Waals surface area contributed by atoms with Gasteiger partial charge < -0.3 is 19.1 Å². The van der Waals surface area contributed by atoms with Gasteiger partial charge in [0.2, 0.25) is 0 Å². The zero-order valence-corrected chi connectivity index (χ0v) is 16.2. The highest BCUT2D eigenvalue weighted by molar-refractivity contribution is 6.09. The van der Waals surface area contributed by atoms with E-state index in [1.807, 2.05) is 42.5 Å². The lowest BCUT2D eigenvalue weighted by molar-refractivity contribution is -0.149. The van der Waals surface area contributed by atoms with Crippen LogP contribution in [0.5, 0.6) is 0 Å². The quantitative estimate of drug-likeness (QED) is 0.794. The van der Waals surface area contributed by atoms with Gasteiger partial charge >= 0.3 is 23.8 Å². The maximum atomic E-state index is 13.7. The number of para-hydroxylation sites is 1. The predicted molar refractivity (Wildman–Crippen MR) is 105 cm³/mol. The molecular weight excluding hydrogens is 374 g/mol. The van der Waals surface area contributed by atoms with Gasteiger partial charge in [-0.25, -0.2) is 4.79 Å². The van der Waals surface area contributed by atoms with Gasteiger partial charge in [-0.05, 0) is 25.5 Å². The molecule has 0 aliphatic carbocycles. The van der Waals surface area contributed by atoms with E-state index in [-0.39, 0.29) is 19.3 Å². The van der Waals surface area contributed by atoms with Crippen LogP contribution in [0.25, 0.3) is 0 Å². The monoisotopic (exact) mass is 395 g/mol. The number of anilines is 1. The number of nitrogens with zero attached hydrogens (tertiary/aromatic N) is 3. The first kappa shape index (κ1) is 18.8. The normalized spacial score (nSPS) is 19.8. The molecule has 2 heterocycles. The number of ether oxygens (including phenoxy) is 3. The topological polar surface area (TPSA) is 80.7 Å². The van der Waals surface area contributed by atoms with Crippen molar-refractivity contribution in [2.45, 2.75) is 26.1 Å². The van der Waals surface area contributed by atoms with E-state index in [2.05, 4.69) is 5.10 Å². The van der Waals surface area contributed by atoms with Crippen LogP contribution in [0.4, 0.5) is 10.5 Å². The van der Waals surface area contributed by atoms with E-state index in [1.165, 1.54) is 0 Å². The second-order valence-electron chi connectivity index (χ2n) is 6.45. The molecule has 2 amide bonds. The molecule has 0 saturated carbocycles. The standard InChI is InChI=1S/C21H21N3O5/c1-3-27-19-22-24(20(26)28-4-2)21(29-19)16-12-8-9-13-17(16)23(18(21)25)14-15-10-6-5-7-11-15/h5-13H,3-4,14H2,1-2H3. The molecule has 0 radical (unpaired) electrons. The van der Waals surface area contributed by atoms with Gasteiger partial charge in [-0.3, -0.25) is 4.79 Å². The van der Waals surface area contributed by atoms with E-state index in [9.17, 15) is 9.59 Å². The molecule has 150 valence electrons. The van der Waals surface area contributed by atoms with E-state index in [0.29, 0.717) is 17.8 Å². The van der Waals surface area contributed by atoms with Crippen molar-refractivity contribution < 1.29 is 23.8 Å². The van der Waals surface area contributed by atoms with E-state index in [0.717, 1.165) is 10.6 Å². The molecule has 8 heteroatoms. The van der Waals surface area contributed by atoms with Crippen LogP contribution in [0, 0.1) is 0 Å². The average Bonchev–Trinajstić information content (AvgIpc) is 3.22. The zero-order valence-electron chi connectivity index (χ0n) is 16.2. The molecule has 1 unspecified atom stereocenters. The van der Waals surface area contributed by atoms with Crippen molar-refractivity contribution in [1.29, 1.82) is 0 Å². The molecule has 0 bridgehead atoms. The van der Waals surface area contributed by atoms with Crippen molar-refractivity contribution in [3.8, 4) is 0 Å². The van der Waals surface area contributed by atoms with Crippen molar-refractivity contribution >= 4 is 23.8 Å². The lowest BCUT2D eigenvalue weighted by Crippen LogP contribution is -2.52. The van der Waals surface area contributed by atoms with Gasteiger partial charge in [-0.15, -0.1) is 5.01 Å². The Morgan fingerprint density at radius 1 is 1.07 bits per heavy atom. The lowest BCUT2D eigenvalue weighted by atomic mass is 10.0. The fourth-order valence-corrected chi connectivity index (χ4v) is 3.51. The van der Waals surface area contributed by atoms with Crippen LogP contribution >= 0.6 is 0 Å². The first-order chi connectivity index (χ1) is 14.1. The van der Waals surface area contributed by atoms with Crippen LogP contribution < -0.4 is 4.90 Å². The third-order valence-electron chi connectivity index (χ3n) is 4.70. The zero-order chi connectivity index (χ0) is 20.4. The van der Waals surface area contributed by atoms with Crippen LogP contribution in [0.1, 0.15) is 25.0 Å². The Hall–Kier alpha value is -3.55. The van der Waals surface area contributed by atoms with E-state index >= 15 is 0 Å². The smallest absolute Gasteiger partial charge is 0.434 e. The molecule has 2 aromatic carbocycles. The summed E-state index contributed by atoms with van der Waals surface area (Å²) < 4.78 is 16.4. The fourth-order valence-electron chi connectivity index (χ4n) is 3.51. The van der Waals surface area contributed by atoms with E-state index in [1.54, 1.807) is 30.9 Å². The Labute approximate surface area is 168 Å². The molecule has 1 atom stereocenters. The number of amides is 2. The number of carbonyl (C=O) groups excluding carboxylic acids is 2. The predicted octanol–water partition coefficient (Wildman–Crippen LogP) is 3.18. The number of hydrogen-bond donors (Lipinski definition) is 0. The minimum atomic E-state index is -1.79. The first-order valence-electron chi connectivity index (χ1n) is 9.44. The fraction of sp³-hybridized carbons (Fsp3) is 0.286. The van der Waals surface area contributed by atoms with Gasteiger partial charge in [0.1, 0.15) is 0 Å². The van der Waals surface area contributed by atoms with Crippen molar-refractivity contribution in [2.24, 2.45) is 5.10 Å². The van der Waals surface area contributed by atoms with Gasteiger partial charge in [0.25, 0.3) is 0 Å². The van der Waals surface area contributed by atoms with E-state index < -0.39 is 17.7 Å². The summed E-state index contributed by atoms with van der Waals surface area (Å²) in [6.07, 6.45) is -0.933. The van der Waals surface area contributed by atoms with E-state index in [4.69, 9.17) is 14.2 Å². The van der Waals surface area contributed by atoms with Crippen LogP contribution in [0.15, 0.2) is 59.7 Å². The van der Waals surface area contributed by atoms with Gasteiger partial charge in [0.15, 0.2) is 0 Å². The van der Waals surface area contributed by atoms with Gasteiger partial charge in [-0.2, -0.15) is 0 Å². The summed E-state index contributed by atoms with van der Waals surface area (Å²) in [4.78, 5) is 27.9. The molecule has 2 aliphatic rings. The van der Waals surface area contributed by atoms with Crippen molar-refractivity contribution in [3.05, 3.63) is 65.7 Å². The summed E-state index contributed by atoms with van der Waals surface area (Å²) >= 11 is 0. The first-order valence-corrected chi connectivity index (χ1v) is 9.44. The lowest BCUT2D eigenvalue weighted by Gasteiger charge is -2.28. The number of benzene rings is 2. The molecule has 0 saturated heterocycles. The largest absolute Gasteiger partial charge is 0.450 e. The maximum absolute atomic E-state index is 13.7. The minimum absolute atomic E-state index is 0.133. The summed E-state index contributed by atoms with van der Waals surface area (Å²) in [7, 11) is 0. The molecule has 2 aromatic rings. The maximum Gasteiger partial charge on any atom is 0.434 e. The summed E-state index contributed by atoms with van der Waals surface area (Å²) in [5, 5.41) is 5.04. The van der Waals surface area contributed by atoms with Gasteiger partial charge in [-0.1, -0.05) is 53.6 Å². The molecule has 0 fully saturated rings. The van der Waals surface area contributed by atoms with Crippen LogP contribution in [0.3, 0.4) is 0 Å². The number of rotatable bonds is 4. The number of hydrazone groups is 1. The van der Waals surface area contributed by atoms with Crippen molar-refractivity contribution in [1.82, 2.24) is 5.01 Å². The Morgan fingerprint density at radius 2 is 1.79 bits per heavy atom. The average molecular weight is 395 g/mol. The Bertz CT molecular complexity index is 962. The molecule has 8 nitrogen and oxygen atoms in total. The minimum Gasteiger partial charge on any atom is -0.450 e. The molecule has 1 spiro atoms. The third kappa shape index (κ3) is 2.97. The highest BCUT2D eigenvalue weighted by Gasteiger charge is 2.64. The molecule has 2 aliphatic heterocycles. The molecule has 0 aromatic heterocycles. The SMILES string of the molecule is CCOC(=O)N1N=C(OCC)OC12C(=O)N(Cc1ccccc1)c1ccccc12. The Balaban J connectivity index is 1.79. The second-order valence-corrected chi connectivity index (χ2v) is 6.45. The highest BCUT2D eigenvalue weighted by Crippen LogP contribution is 2.48. The summed E-state index contributed by atoms with van der Waals surface area (Å²) in [5.41, 5.74) is 0.303.